The number of hydrogen-bond donors (Lipinski definition) is 7. The minimum absolute atomic E-state index is 0.126. The highest BCUT2D eigenvalue weighted by Crippen LogP contribution is 2.01. The fraction of sp³-hybridized carbons (Fsp3) is 0.421. The van der Waals surface area contributed by atoms with Crippen molar-refractivity contribution in [1.82, 2.24) is 16.1 Å². The molecule has 1 aromatic rings. The average Bonchev–Trinajstić information content (AvgIpc) is 2.75. The lowest BCUT2D eigenvalue weighted by atomic mass is 10.1. The number of carboxylic acids is 3. The van der Waals surface area contributed by atoms with Gasteiger partial charge in [-0.3, -0.25) is 14.8 Å². The molecule has 7 N–H and O–H groups in total. The molecule has 1 atom stereocenters. The number of hydroxylamine groups is 1. The second kappa shape index (κ2) is 16.9. The molecule has 0 aliphatic heterocycles. The molecule has 0 saturated carbocycles. The van der Waals surface area contributed by atoms with Crippen molar-refractivity contribution in [3.05, 3.63) is 35.9 Å². The van der Waals surface area contributed by atoms with E-state index in [9.17, 15) is 24.0 Å². The number of carbonyl (C=O) groups is 5. The third kappa shape index (κ3) is 16.0. The molecule has 0 aliphatic carbocycles. The van der Waals surface area contributed by atoms with Gasteiger partial charge in [0.25, 0.3) is 0 Å². The third-order valence-electron chi connectivity index (χ3n) is 3.65. The Morgan fingerprint density at radius 1 is 0.906 bits per heavy atom. The number of benzene rings is 1. The topological polar surface area (TPSA) is 212 Å². The van der Waals surface area contributed by atoms with Gasteiger partial charge in [0.15, 0.2) is 0 Å². The molecule has 0 aliphatic rings. The first kappa shape index (κ1) is 28.1. The van der Waals surface area contributed by atoms with Crippen molar-refractivity contribution >= 4 is 30.0 Å². The number of carbonyl (C=O) groups excluding carboxylic acids is 2. The molecule has 3 amide bonds. The number of urea groups is 1. The summed E-state index contributed by atoms with van der Waals surface area (Å²) in [6, 6.07) is 6.97. The number of aliphatic carboxylic acids is 3. The maximum atomic E-state index is 11.3. The summed E-state index contributed by atoms with van der Waals surface area (Å²) in [5.41, 5.74) is 2.11. The number of amides is 3. The monoisotopic (exact) mass is 457 g/mol. The SMILES string of the molecule is O=C(O)CCC(NC(=O)NO)C(=O)O.O=C(O)CCCCNC(=O)OCc1ccccc1. The van der Waals surface area contributed by atoms with Crippen molar-refractivity contribution < 1.29 is 49.2 Å². The number of hydrogen-bond acceptors (Lipinski definition) is 7. The van der Waals surface area contributed by atoms with Crippen molar-refractivity contribution in [2.75, 3.05) is 6.54 Å². The minimum Gasteiger partial charge on any atom is -0.481 e. The molecule has 0 saturated heterocycles. The van der Waals surface area contributed by atoms with Gasteiger partial charge in [0.1, 0.15) is 12.6 Å². The third-order valence-corrected chi connectivity index (χ3v) is 3.65. The van der Waals surface area contributed by atoms with Crippen LogP contribution in [0.4, 0.5) is 9.59 Å². The Kier molecular flexibility index (Phi) is 14.8. The van der Waals surface area contributed by atoms with Gasteiger partial charge in [-0.2, -0.15) is 0 Å². The van der Waals surface area contributed by atoms with E-state index in [4.69, 9.17) is 25.3 Å². The van der Waals surface area contributed by atoms with E-state index < -0.39 is 36.1 Å². The highest BCUT2D eigenvalue weighted by Gasteiger charge is 2.20. The van der Waals surface area contributed by atoms with Gasteiger partial charge < -0.3 is 30.7 Å². The molecule has 178 valence electrons. The van der Waals surface area contributed by atoms with E-state index in [-0.39, 0.29) is 25.9 Å². The number of carboxylic acid groups (broad SMARTS) is 3. The van der Waals surface area contributed by atoms with E-state index >= 15 is 0 Å². The summed E-state index contributed by atoms with van der Waals surface area (Å²) >= 11 is 0. The molecule has 0 heterocycles. The summed E-state index contributed by atoms with van der Waals surface area (Å²) in [4.78, 5) is 52.6. The van der Waals surface area contributed by atoms with Gasteiger partial charge >= 0.3 is 30.0 Å². The van der Waals surface area contributed by atoms with E-state index in [1.54, 1.807) is 0 Å². The molecule has 1 aromatic carbocycles. The summed E-state index contributed by atoms with van der Waals surface area (Å²) in [6.45, 7) is 0.669. The van der Waals surface area contributed by atoms with E-state index in [0.717, 1.165) is 5.56 Å². The predicted molar refractivity (Wildman–Crippen MR) is 108 cm³/mol. The van der Waals surface area contributed by atoms with Crippen LogP contribution in [-0.4, -0.2) is 63.1 Å². The zero-order valence-electron chi connectivity index (χ0n) is 17.2. The van der Waals surface area contributed by atoms with Crippen LogP contribution in [-0.2, 0) is 25.7 Å². The molecule has 0 fully saturated rings. The normalized spacial score (nSPS) is 10.5. The lowest BCUT2D eigenvalue weighted by Crippen LogP contribution is -2.45. The first-order valence-electron chi connectivity index (χ1n) is 9.47. The Balaban J connectivity index is 0.000000622. The van der Waals surface area contributed by atoms with Crippen molar-refractivity contribution in [3.63, 3.8) is 0 Å². The highest BCUT2D eigenvalue weighted by molar-refractivity contribution is 5.82. The molecule has 13 heteroatoms. The Bertz CT molecular complexity index is 742. The van der Waals surface area contributed by atoms with Gasteiger partial charge in [0.05, 0.1) is 0 Å². The van der Waals surface area contributed by atoms with Crippen molar-refractivity contribution in [1.29, 1.82) is 0 Å². The van der Waals surface area contributed by atoms with Gasteiger partial charge in [-0.1, -0.05) is 30.3 Å². The lowest BCUT2D eigenvalue weighted by Gasteiger charge is -2.11. The summed E-state index contributed by atoms with van der Waals surface area (Å²) in [5, 5.41) is 37.7. The van der Waals surface area contributed by atoms with Crippen LogP contribution in [0.25, 0.3) is 0 Å². The van der Waals surface area contributed by atoms with E-state index in [0.29, 0.717) is 19.4 Å². The second-order valence-corrected chi connectivity index (χ2v) is 6.25. The van der Waals surface area contributed by atoms with Crippen molar-refractivity contribution in [2.45, 2.75) is 44.8 Å². The van der Waals surface area contributed by atoms with Gasteiger partial charge in [0, 0.05) is 19.4 Å². The lowest BCUT2D eigenvalue weighted by molar-refractivity contribution is -0.141. The number of unbranched alkanes of at least 4 members (excludes halogenated alkanes) is 1. The van der Waals surface area contributed by atoms with Gasteiger partial charge in [-0.15, -0.1) is 0 Å². The number of ether oxygens (including phenoxy) is 1. The zero-order chi connectivity index (χ0) is 24.4. The van der Waals surface area contributed by atoms with Crippen LogP contribution >= 0.6 is 0 Å². The van der Waals surface area contributed by atoms with Crippen LogP contribution in [0.15, 0.2) is 30.3 Å². The molecular weight excluding hydrogens is 430 g/mol. The van der Waals surface area contributed by atoms with Crippen LogP contribution < -0.4 is 16.1 Å². The van der Waals surface area contributed by atoms with Crippen molar-refractivity contribution in [3.8, 4) is 0 Å². The van der Waals surface area contributed by atoms with Gasteiger partial charge in [0.2, 0.25) is 0 Å². The quantitative estimate of drug-likeness (QED) is 0.135. The molecular formula is C19H27N3O10. The Hall–Kier alpha value is -3.87. The van der Waals surface area contributed by atoms with Crippen molar-refractivity contribution in [2.24, 2.45) is 0 Å². The van der Waals surface area contributed by atoms with Crippen LogP contribution in [0.3, 0.4) is 0 Å². The number of alkyl carbamates (subject to hydrolysis) is 1. The first-order valence-corrected chi connectivity index (χ1v) is 9.47. The van der Waals surface area contributed by atoms with Crippen LogP contribution in [0, 0.1) is 0 Å². The summed E-state index contributed by atoms with van der Waals surface area (Å²) in [7, 11) is 0. The van der Waals surface area contributed by atoms with E-state index in [1.165, 1.54) is 5.48 Å². The van der Waals surface area contributed by atoms with Gasteiger partial charge in [-0.05, 0) is 24.8 Å². The maximum Gasteiger partial charge on any atom is 0.407 e. The molecule has 32 heavy (non-hydrogen) atoms. The molecule has 1 rings (SSSR count). The predicted octanol–water partition coefficient (Wildman–Crippen LogP) is 1.16. The fourth-order valence-corrected chi connectivity index (χ4v) is 2.08. The zero-order valence-corrected chi connectivity index (χ0v) is 17.2. The van der Waals surface area contributed by atoms with E-state index in [1.807, 2.05) is 35.6 Å². The minimum atomic E-state index is -1.37. The number of nitrogens with one attached hydrogen (secondary N) is 3. The average molecular weight is 457 g/mol. The molecule has 0 bridgehead atoms. The van der Waals surface area contributed by atoms with Gasteiger partial charge in [-0.25, -0.2) is 19.9 Å². The molecule has 1 unspecified atom stereocenters. The number of rotatable bonds is 12. The van der Waals surface area contributed by atoms with Crippen LogP contribution in [0.1, 0.15) is 37.7 Å². The van der Waals surface area contributed by atoms with E-state index in [2.05, 4.69) is 5.32 Å². The largest absolute Gasteiger partial charge is 0.481 e. The maximum absolute atomic E-state index is 11.3. The smallest absolute Gasteiger partial charge is 0.407 e. The highest BCUT2D eigenvalue weighted by atomic mass is 16.5. The molecule has 13 nitrogen and oxygen atoms in total. The van der Waals surface area contributed by atoms with Crippen LogP contribution in [0.2, 0.25) is 0 Å². The Morgan fingerprint density at radius 2 is 1.53 bits per heavy atom. The molecule has 0 aromatic heterocycles. The molecule has 0 radical (unpaired) electrons. The fourth-order valence-electron chi connectivity index (χ4n) is 2.08. The molecule has 0 spiro atoms. The second-order valence-electron chi connectivity index (χ2n) is 6.25. The standard InChI is InChI=1S/C13H17NO4.C6H10N2O6/c15-12(16)8-4-5-9-14-13(17)18-10-11-6-2-1-3-7-11;9-4(10)2-1-3(5(11)12)7-6(13)8-14/h1-3,6-7H,4-5,8-10H2,(H,14,17)(H,15,16);3,14H,1-2H2,(H,9,10)(H,11,12)(H2,7,8,13). The Morgan fingerprint density at radius 3 is 2.06 bits per heavy atom. The summed E-state index contributed by atoms with van der Waals surface area (Å²) in [5.74, 6) is -3.35. The summed E-state index contributed by atoms with van der Waals surface area (Å²) < 4.78 is 4.99. The van der Waals surface area contributed by atoms with Crippen LogP contribution in [0.5, 0.6) is 0 Å². The first-order chi connectivity index (χ1) is 15.1. The summed E-state index contributed by atoms with van der Waals surface area (Å²) in [6.07, 6.45) is 0.192. The Labute approximate surface area is 183 Å².